The van der Waals surface area contributed by atoms with Gasteiger partial charge in [-0.25, -0.2) is 30.3 Å². The first kappa shape index (κ1) is 38.8. The first-order chi connectivity index (χ1) is 25.8. The summed E-state index contributed by atoms with van der Waals surface area (Å²) in [5.41, 5.74) is 4.01. The van der Waals surface area contributed by atoms with Gasteiger partial charge in [0.1, 0.15) is 11.6 Å². The summed E-state index contributed by atoms with van der Waals surface area (Å²) in [6.07, 6.45) is 0.346. The van der Waals surface area contributed by atoms with Gasteiger partial charge < -0.3 is 9.67 Å². The van der Waals surface area contributed by atoms with E-state index >= 15 is 0 Å². The third-order valence-corrected chi connectivity index (χ3v) is 12.6. The van der Waals surface area contributed by atoms with Crippen LogP contribution >= 0.6 is 11.6 Å². The lowest BCUT2D eigenvalue weighted by molar-refractivity contribution is -0.136. The molecule has 6 rings (SSSR count). The molecule has 0 radical (unpaired) electrons. The lowest BCUT2D eigenvalue weighted by Gasteiger charge is -2.25. The molecule has 0 aliphatic carbocycles. The van der Waals surface area contributed by atoms with Crippen molar-refractivity contribution in [1.29, 1.82) is 0 Å². The number of carboxylic acids is 1. The Balaban J connectivity index is 1.42. The zero-order valence-corrected chi connectivity index (χ0v) is 31.3. The van der Waals surface area contributed by atoms with Gasteiger partial charge in [0.15, 0.2) is 9.84 Å². The molecule has 0 unspecified atom stereocenters. The Kier molecular flexibility index (Phi) is 12.0. The van der Waals surface area contributed by atoms with Crippen molar-refractivity contribution in [2.75, 3.05) is 12.3 Å². The quantitative estimate of drug-likeness (QED) is 0.103. The molecule has 0 bridgehead atoms. The normalized spacial score (nSPS) is 12.1. The Labute approximate surface area is 318 Å². The van der Waals surface area contributed by atoms with Crippen molar-refractivity contribution in [2.24, 2.45) is 0 Å². The van der Waals surface area contributed by atoms with Gasteiger partial charge in [-0.05, 0) is 71.5 Å². The third kappa shape index (κ3) is 9.07. The number of nitrogens with one attached hydrogen (secondary N) is 1. The number of sulfone groups is 1. The lowest BCUT2D eigenvalue weighted by atomic mass is 9.97. The Morgan fingerprint density at radius 2 is 1.35 bits per heavy atom. The Bertz CT molecular complexity index is 2440. The van der Waals surface area contributed by atoms with Crippen LogP contribution in [0.3, 0.4) is 0 Å². The minimum Gasteiger partial charge on any atom is -0.481 e. The molecule has 0 aliphatic rings. The van der Waals surface area contributed by atoms with Crippen molar-refractivity contribution in [1.82, 2.24) is 9.29 Å². The van der Waals surface area contributed by atoms with E-state index in [0.29, 0.717) is 27.4 Å². The molecule has 280 valence electrons. The molecule has 54 heavy (non-hydrogen) atoms. The van der Waals surface area contributed by atoms with Crippen LogP contribution in [0.4, 0.5) is 8.78 Å². The summed E-state index contributed by atoms with van der Waals surface area (Å²) in [6, 6.07) is 33.6. The van der Waals surface area contributed by atoms with Crippen molar-refractivity contribution in [2.45, 2.75) is 42.4 Å². The van der Waals surface area contributed by atoms with Gasteiger partial charge in [0.2, 0.25) is 10.0 Å². The summed E-state index contributed by atoms with van der Waals surface area (Å²) in [5.74, 6) is -4.07. The Hall–Kier alpha value is -4.88. The lowest BCUT2D eigenvalue weighted by Crippen LogP contribution is -2.29. The van der Waals surface area contributed by atoms with Crippen molar-refractivity contribution in [3.05, 3.63) is 171 Å². The number of aliphatic carboxylic acids is 1. The van der Waals surface area contributed by atoms with Crippen molar-refractivity contribution >= 4 is 48.3 Å². The standard InChI is InChI=1S/C41H37ClF2N2O6S2/c42-31-17-20-33-34(23-25-53(49,50)32-18-14-28(15-19-32)16-21-40(47)48)38(22-24-45-54(51,52)27-35-36(43)12-7-13-37(35)44)46(39(33)26-31)41(29-8-3-1-4-9-29)30-10-5-2-6-11-30/h1-15,17-20,26,41,45H,16,21-25,27H2,(H,47,48). The highest BCUT2D eigenvalue weighted by atomic mass is 35.5. The van der Waals surface area contributed by atoms with Crippen LogP contribution in [0, 0.1) is 11.6 Å². The molecule has 0 atom stereocenters. The highest BCUT2D eigenvalue weighted by Crippen LogP contribution is 2.38. The SMILES string of the molecule is O=C(O)CCc1ccc(S(=O)(=O)CCc2c(CCNS(=O)(=O)Cc3c(F)cccc3F)n(C(c3ccccc3)c3ccccc3)c3cc(Cl)ccc23)cc1. The van der Waals surface area contributed by atoms with E-state index in [-0.39, 0.29) is 42.9 Å². The number of halogens is 3. The van der Waals surface area contributed by atoms with Crippen LogP contribution in [0.2, 0.25) is 5.02 Å². The average Bonchev–Trinajstić information content (AvgIpc) is 3.44. The highest BCUT2D eigenvalue weighted by Gasteiger charge is 2.27. The fourth-order valence-corrected chi connectivity index (χ4v) is 9.31. The van der Waals surface area contributed by atoms with Gasteiger partial charge >= 0.3 is 5.97 Å². The number of hydrogen-bond acceptors (Lipinski definition) is 5. The number of rotatable bonds is 16. The summed E-state index contributed by atoms with van der Waals surface area (Å²) in [5, 5.41) is 10.2. The van der Waals surface area contributed by atoms with E-state index in [1.807, 2.05) is 66.7 Å². The molecule has 0 amide bonds. The predicted octanol–water partition coefficient (Wildman–Crippen LogP) is 7.91. The fourth-order valence-electron chi connectivity index (χ4n) is 6.72. The highest BCUT2D eigenvalue weighted by molar-refractivity contribution is 7.91. The number of nitrogens with zero attached hydrogens (tertiary/aromatic N) is 1. The molecule has 6 aromatic rings. The molecule has 13 heteroatoms. The second kappa shape index (κ2) is 16.6. The molecule has 1 aromatic heterocycles. The largest absolute Gasteiger partial charge is 0.481 e. The third-order valence-electron chi connectivity index (χ3n) is 9.28. The van der Waals surface area contributed by atoms with Crippen LogP contribution < -0.4 is 4.72 Å². The van der Waals surface area contributed by atoms with E-state index in [1.54, 1.807) is 24.3 Å². The van der Waals surface area contributed by atoms with Crippen LogP contribution in [-0.4, -0.2) is 44.8 Å². The van der Waals surface area contributed by atoms with E-state index in [4.69, 9.17) is 16.7 Å². The molecule has 5 aromatic carbocycles. The molecular weight excluding hydrogens is 754 g/mol. The zero-order chi connectivity index (χ0) is 38.5. The van der Waals surface area contributed by atoms with Crippen LogP contribution in [0.1, 0.15) is 46.0 Å². The number of carbonyl (C=O) groups is 1. The molecule has 0 saturated heterocycles. The van der Waals surface area contributed by atoms with Gasteiger partial charge in [-0.15, -0.1) is 0 Å². The van der Waals surface area contributed by atoms with Crippen molar-refractivity contribution in [3.63, 3.8) is 0 Å². The number of carboxylic acid groups (broad SMARTS) is 1. The van der Waals surface area contributed by atoms with Crippen molar-refractivity contribution < 1.29 is 35.5 Å². The van der Waals surface area contributed by atoms with Crippen LogP contribution in [0.25, 0.3) is 10.9 Å². The molecule has 0 fully saturated rings. The number of aromatic nitrogens is 1. The van der Waals surface area contributed by atoms with E-state index in [2.05, 4.69) is 9.29 Å². The van der Waals surface area contributed by atoms with Gasteiger partial charge in [-0.2, -0.15) is 0 Å². The first-order valence-corrected chi connectivity index (χ1v) is 20.9. The maximum absolute atomic E-state index is 14.4. The number of hydrogen-bond donors (Lipinski definition) is 2. The summed E-state index contributed by atoms with van der Waals surface area (Å²) < 4.78 is 87.3. The summed E-state index contributed by atoms with van der Waals surface area (Å²) in [6.45, 7) is -0.156. The number of benzene rings is 5. The van der Waals surface area contributed by atoms with Gasteiger partial charge in [0.25, 0.3) is 0 Å². The van der Waals surface area contributed by atoms with Crippen molar-refractivity contribution in [3.8, 4) is 0 Å². The molecule has 8 nitrogen and oxygen atoms in total. The average molecular weight is 791 g/mol. The smallest absolute Gasteiger partial charge is 0.303 e. The van der Waals surface area contributed by atoms with Gasteiger partial charge in [-0.1, -0.05) is 96.5 Å². The van der Waals surface area contributed by atoms with Crippen LogP contribution in [0.5, 0.6) is 0 Å². The van der Waals surface area contributed by atoms with Crippen LogP contribution in [0.15, 0.2) is 126 Å². The molecular formula is C41H37ClF2N2O6S2. The monoisotopic (exact) mass is 790 g/mol. The second-order valence-corrected chi connectivity index (χ2v) is 17.2. The number of fused-ring (bicyclic) bond motifs is 1. The molecule has 0 spiro atoms. The predicted molar refractivity (Wildman–Crippen MR) is 206 cm³/mol. The molecule has 1 heterocycles. The molecule has 2 N–H and O–H groups in total. The Morgan fingerprint density at radius 1 is 0.741 bits per heavy atom. The minimum atomic E-state index is -4.21. The summed E-state index contributed by atoms with van der Waals surface area (Å²) in [7, 11) is -8.05. The van der Waals surface area contributed by atoms with E-state index in [9.17, 15) is 30.4 Å². The van der Waals surface area contributed by atoms with E-state index in [1.165, 1.54) is 12.1 Å². The maximum Gasteiger partial charge on any atom is 0.303 e. The number of sulfonamides is 1. The van der Waals surface area contributed by atoms with Gasteiger partial charge in [0.05, 0.1) is 28.0 Å². The minimum absolute atomic E-state index is 0.0626. The number of aryl methyl sites for hydroxylation is 2. The first-order valence-electron chi connectivity index (χ1n) is 17.2. The van der Waals surface area contributed by atoms with E-state index in [0.717, 1.165) is 34.7 Å². The summed E-state index contributed by atoms with van der Waals surface area (Å²) >= 11 is 6.60. The second-order valence-electron chi connectivity index (χ2n) is 12.9. The van der Waals surface area contributed by atoms with Gasteiger partial charge in [0, 0.05) is 41.1 Å². The maximum atomic E-state index is 14.4. The molecule has 0 aliphatic heterocycles. The van der Waals surface area contributed by atoms with Crippen LogP contribution in [-0.2, 0) is 49.7 Å². The van der Waals surface area contributed by atoms with E-state index < -0.39 is 54.8 Å². The van der Waals surface area contributed by atoms with Gasteiger partial charge in [-0.3, -0.25) is 4.79 Å². The summed E-state index contributed by atoms with van der Waals surface area (Å²) in [4.78, 5) is 11.1. The zero-order valence-electron chi connectivity index (χ0n) is 29.0. The Morgan fingerprint density at radius 3 is 1.94 bits per heavy atom. The molecule has 0 saturated carbocycles. The topological polar surface area (TPSA) is 123 Å². The fraction of sp³-hybridized carbons (Fsp3) is 0.195.